The van der Waals surface area contributed by atoms with Crippen LogP contribution in [-0.4, -0.2) is 42.1 Å². The molecule has 0 aliphatic carbocycles. The summed E-state index contributed by atoms with van der Waals surface area (Å²) in [5, 5.41) is 0.742. The number of amides is 1. The predicted octanol–water partition coefficient (Wildman–Crippen LogP) is 3.51. The maximum Gasteiger partial charge on any atom is 0.265 e. The van der Waals surface area contributed by atoms with Gasteiger partial charge in [0.05, 0.1) is 11.8 Å². The molecule has 4 nitrogen and oxygen atoms in total. The lowest BCUT2D eigenvalue weighted by molar-refractivity contribution is 0.0271. The lowest BCUT2D eigenvalue weighted by Gasteiger charge is -2.31. The van der Waals surface area contributed by atoms with Crippen molar-refractivity contribution < 1.29 is 13.9 Å². The number of nitrogens with zero attached hydrogens (tertiary/aromatic N) is 2. The first-order valence-electron chi connectivity index (χ1n) is 7.64. The number of hydrogen-bond acceptors (Lipinski definition) is 4. The third-order valence-electron chi connectivity index (χ3n) is 4.08. The van der Waals surface area contributed by atoms with E-state index in [0.29, 0.717) is 11.4 Å². The number of hydrogen-bond donors (Lipinski definition) is 0. The lowest BCUT2D eigenvalue weighted by atomic mass is 10.1. The fourth-order valence-corrected chi connectivity index (χ4v) is 3.81. The fraction of sp³-hybridized carbons (Fsp3) is 0.412. The highest BCUT2D eigenvalue weighted by atomic mass is 32.1. The van der Waals surface area contributed by atoms with Crippen LogP contribution in [0.2, 0.25) is 0 Å². The minimum Gasteiger partial charge on any atom is -0.380 e. The average Bonchev–Trinajstić information content (AvgIpc) is 2.96. The molecule has 122 valence electrons. The van der Waals surface area contributed by atoms with E-state index in [1.165, 1.54) is 23.5 Å². The van der Waals surface area contributed by atoms with Crippen LogP contribution in [0.3, 0.4) is 0 Å². The van der Waals surface area contributed by atoms with E-state index < -0.39 is 0 Å². The zero-order valence-corrected chi connectivity index (χ0v) is 14.0. The van der Waals surface area contributed by atoms with Crippen molar-refractivity contribution in [1.29, 1.82) is 0 Å². The van der Waals surface area contributed by atoms with Crippen molar-refractivity contribution in [3.05, 3.63) is 40.7 Å². The van der Waals surface area contributed by atoms with Crippen LogP contribution < -0.4 is 0 Å². The van der Waals surface area contributed by atoms with Crippen molar-refractivity contribution in [3.63, 3.8) is 0 Å². The Kier molecular flexibility index (Phi) is 4.73. The maximum atomic E-state index is 13.0. The number of likely N-dealkylation sites (tertiary alicyclic amines) is 1. The summed E-state index contributed by atoms with van der Waals surface area (Å²) in [5.74, 6) is -0.271. The van der Waals surface area contributed by atoms with Gasteiger partial charge < -0.3 is 9.64 Å². The van der Waals surface area contributed by atoms with Gasteiger partial charge in [0.1, 0.15) is 15.7 Å². The highest BCUT2D eigenvalue weighted by Crippen LogP contribution is 2.29. The van der Waals surface area contributed by atoms with Gasteiger partial charge in [0.25, 0.3) is 5.91 Å². The fourth-order valence-electron chi connectivity index (χ4n) is 2.77. The number of thiazole rings is 1. The van der Waals surface area contributed by atoms with Gasteiger partial charge in [0.2, 0.25) is 0 Å². The van der Waals surface area contributed by atoms with Crippen LogP contribution in [0.15, 0.2) is 24.3 Å². The van der Waals surface area contributed by atoms with Gasteiger partial charge in [-0.2, -0.15) is 0 Å². The lowest BCUT2D eigenvalue weighted by Crippen LogP contribution is -2.42. The molecule has 1 saturated heterocycles. The number of aromatic nitrogens is 1. The molecule has 0 spiro atoms. The highest BCUT2D eigenvalue weighted by molar-refractivity contribution is 7.17. The molecule has 1 amide bonds. The second kappa shape index (κ2) is 6.76. The Bertz CT molecular complexity index is 699. The number of benzene rings is 1. The minimum absolute atomic E-state index is 0.00936. The second-order valence-electron chi connectivity index (χ2n) is 5.69. The third-order valence-corrected chi connectivity index (χ3v) is 5.28. The molecule has 0 saturated carbocycles. The van der Waals surface area contributed by atoms with E-state index >= 15 is 0 Å². The van der Waals surface area contributed by atoms with Crippen LogP contribution >= 0.6 is 11.3 Å². The Morgan fingerprint density at radius 2 is 2.13 bits per heavy atom. The molecule has 1 fully saturated rings. The smallest absolute Gasteiger partial charge is 0.265 e. The molecule has 2 aromatic rings. The molecule has 6 heteroatoms. The van der Waals surface area contributed by atoms with Gasteiger partial charge in [-0.1, -0.05) is 0 Å². The van der Waals surface area contributed by atoms with Crippen molar-refractivity contribution in [3.8, 4) is 10.6 Å². The average molecular weight is 334 g/mol. The second-order valence-corrected chi connectivity index (χ2v) is 6.69. The van der Waals surface area contributed by atoms with Gasteiger partial charge in [0.15, 0.2) is 0 Å². The van der Waals surface area contributed by atoms with Gasteiger partial charge >= 0.3 is 0 Å². The van der Waals surface area contributed by atoms with E-state index in [9.17, 15) is 9.18 Å². The molecule has 1 aliphatic rings. The van der Waals surface area contributed by atoms with Crippen molar-refractivity contribution in [2.24, 2.45) is 0 Å². The Hall–Kier alpha value is -1.79. The number of piperidine rings is 1. The standard InChI is InChI=1S/C17H19FN2O2S/c1-11-15(17(21)20-9-3-4-14(10-20)22-2)23-16(19-11)12-5-7-13(18)8-6-12/h5-8,14H,3-4,9-10H2,1-2H3/t14-/m0/s1. The molecule has 0 N–H and O–H groups in total. The first-order chi connectivity index (χ1) is 11.1. The van der Waals surface area contributed by atoms with E-state index in [-0.39, 0.29) is 17.8 Å². The molecule has 0 unspecified atom stereocenters. The maximum absolute atomic E-state index is 13.0. The quantitative estimate of drug-likeness (QED) is 0.863. The minimum atomic E-state index is -0.280. The first-order valence-corrected chi connectivity index (χ1v) is 8.45. The number of ether oxygens (including phenoxy) is 1. The van der Waals surface area contributed by atoms with E-state index in [0.717, 1.165) is 35.7 Å². The zero-order chi connectivity index (χ0) is 16.4. The van der Waals surface area contributed by atoms with Crippen molar-refractivity contribution in [2.75, 3.05) is 20.2 Å². The largest absolute Gasteiger partial charge is 0.380 e. The summed E-state index contributed by atoms with van der Waals surface area (Å²) >= 11 is 1.36. The summed E-state index contributed by atoms with van der Waals surface area (Å²) in [4.78, 5) is 19.7. The zero-order valence-electron chi connectivity index (χ0n) is 13.2. The molecule has 1 atom stereocenters. The molecular formula is C17H19FN2O2S. The summed E-state index contributed by atoms with van der Waals surface area (Å²) in [5.41, 5.74) is 1.55. The molecule has 1 aromatic carbocycles. The Morgan fingerprint density at radius 1 is 1.39 bits per heavy atom. The molecule has 23 heavy (non-hydrogen) atoms. The number of halogens is 1. The molecule has 2 heterocycles. The van der Waals surface area contributed by atoms with Crippen LogP contribution in [-0.2, 0) is 4.74 Å². The molecule has 1 aromatic heterocycles. The van der Waals surface area contributed by atoms with Crippen molar-refractivity contribution >= 4 is 17.2 Å². The Labute approximate surface area is 138 Å². The molecule has 3 rings (SSSR count). The van der Waals surface area contributed by atoms with E-state index in [4.69, 9.17) is 4.74 Å². The summed E-state index contributed by atoms with van der Waals surface area (Å²) in [7, 11) is 1.68. The molecule has 0 radical (unpaired) electrons. The van der Waals surface area contributed by atoms with Crippen LogP contribution in [0.4, 0.5) is 4.39 Å². The predicted molar refractivity (Wildman–Crippen MR) is 88.2 cm³/mol. The topological polar surface area (TPSA) is 42.4 Å². The van der Waals surface area contributed by atoms with Gasteiger partial charge in [0, 0.05) is 25.8 Å². The van der Waals surface area contributed by atoms with Crippen LogP contribution in [0.25, 0.3) is 10.6 Å². The molecular weight excluding hydrogens is 315 g/mol. The first kappa shape index (κ1) is 16.1. The summed E-state index contributed by atoms with van der Waals surface area (Å²) < 4.78 is 18.4. The molecule has 1 aliphatic heterocycles. The number of methoxy groups -OCH3 is 1. The highest BCUT2D eigenvalue weighted by Gasteiger charge is 2.27. The van der Waals surface area contributed by atoms with E-state index in [2.05, 4.69) is 4.98 Å². The number of rotatable bonds is 3. The van der Waals surface area contributed by atoms with Gasteiger partial charge in [-0.25, -0.2) is 9.37 Å². The normalized spacial score (nSPS) is 18.2. The number of carbonyl (C=O) groups is 1. The monoisotopic (exact) mass is 334 g/mol. The summed E-state index contributed by atoms with van der Waals surface area (Å²) in [6.07, 6.45) is 2.05. The number of aryl methyl sites for hydroxylation is 1. The Balaban J connectivity index is 1.83. The van der Waals surface area contributed by atoms with Crippen LogP contribution in [0.5, 0.6) is 0 Å². The van der Waals surface area contributed by atoms with Crippen molar-refractivity contribution in [2.45, 2.75) is 25.9 Å². The van der Waals surface area contributed by atoms with E-state index in [1.54, 1.807) is 19.2 Å². The van der Waals surface area contributed by atoms with Gasteiger partial charge in [-0.05, 0) is 44.0 Å². The summed E-state index contributed by atoms with van der Waals surface area (Å²) in [6, 6.07) is 6.18. The summed E-state index contributed by atoms with van der Waals surface area (Å²) in [6.45, 7) is 3.22. The number of carbonyl (C=O) groups excluding carboxylic acids is 1. The van der Waals surface area contributed by atoms with Crippen LogP contribution in [0, 0.1) is 12.7 Å². The van der Waals surface area contributed by atoms with Crippen LogP contribution in [0.1, 0.15) is 28.2 Å². The van der Waals surface area contributed by atoms with E-state index in [1.807, 2.05) is 11.8 Å². The van der Waals surface area contributed by atoms with Gasteiger partial charge in [-0.3, -0.25) is 4.79 Å². The molecule has 0 bridgehead atoms. The van der Waals surface area contributed by atoms with Gasteiger partial charge in [-0.15, -0.1) is 11.3 Å². The Morgan fingerprint density at radius 3 is 2.83 bits per heavy atom. The van der Waals surface area contributed by atoms with Crippen molar-refractivity contribution in [1.82, 2.24) is 9.88 Å². The third kappa shape index (κ3) is 3.43. The SMILES string of the molecule is CO[C@H]1CCCN(C(=O)c2sc(-c3ccc(F)cc3)nc2C)C1.